The van der Waals surface area contributed by atoms with Crippen molar-refractivity contribution < 1.29 is 46.9 Å². The van der Waals surface area contributed by atoms with Crippen molar-refractivity contribution in [2.24, 2.45) is 5.92 Å². The minimum absolute atomic E-state index is 0.108. The second kappa shape index (κ2) is 18.6. The van der Waals surface area contributed by atoms with E-state index in [9.17, 15) is 32.7 Å². The van der Waals surface area contributed by atoms with Gasteiger partial charge in [0.2, 0.25) is 0 Å². The molecule has 0 radical (unpaired) electrons. The Balaban J connectivity index is 1.54. The summed E-state index contributed by atoms with van der Waals surface area (Å²) in [5, 5.41) is 18.4. The van der Waals surface area contributed by atoms with Crippen molar-refractivity contribution in [1.82, 2.24) is 9.80 Å². The Morgan fingerprint density at radius 1 is 0.981 bits per heavy atom. The molecule has 0 unspecified atom stereocenters. The topological polar surface area (TPSA) is 142 Å². The van der Waals surface area contributed by atoms with Crippen molar-refractivity contribution in [3.8, 4) is 11.5 Å². The van der Waals surface area contributed by atoms with Crippen LogP contribution in [0.25, 0.3) is 0 Å². The molecule has 0 aromatic heterocycles. The summed E-state index contributed by atoms with van der Waals surface area (Å²) >= 11 is 0. The van der Waals surface area contributed by atoms with Gasteiger partial charge in [-0.3, -0.25) is 4.79 Å². The SMILES string of the molecule is COc1ccc(NC(=O)Nc2ccc3c(c2)C(=O)N([C@H](C)CO)C[C@H](C)[C@@H](CN(C)C(=O)Nc2ccc(C(F)(F)F)cc2)OCCCC[C@H](C)O3)cc1. The number of aliphatic hydroxyl groups excluding tert-OH is 1. The third kappa shape index (κ3) is 11.7. The molecule has 1 aliphatic rings. The highest BCUT2D eigenvalue weighted by atomic mass is 19.4. The largest absolute Gasteiger partial charge is 0.497 e. The predicted molar refractivity (Wildman–Crippen MR) is 196 cm³/mol. The van der Waals surface area contributed by atoms with Crippen LogP contribution >= 0.6 is 0 Å². The van der Waals surface area contributed by atoms with Crippen LogP contribution in [0.1, 0.15) is 56.0 Å². The Hall–Kier alpha value is -5.02. The summed E-state index contributed by atoms with van der Waals surface area (Å²) in [5.74, 6) is 0.176. The first-order chi connectivity index (χ1) is 25.2. The molecule has 0 spiro atoms. The van der Waals surface area contributed by atoms with Gasteiger partial charge in [-0.25, -0.2) is 9.59 Å². The van der Waals surface area contributed by atoms with Gasteiger partial charge in [0.05, 0.1) is 43.1 Å². The van der Waals surface area contributed by atoms with E-state index in [0.29, 0.717) is 42.3 Å². The number of fused-ring (bicyclic) bond motifs is 1. The van der Waals surface area contributed by atoms with Gasteiger partial charge in [-0.05, 0) is 99.8 Å². The molecular weight excluding hydrogens is 695 g/mol. The molecule has 53 heavy (non-hydrogen) atoms. The smallest absolute Gasteiger partial charge is 0.416 e. The van der Waals surface area contributed by atoms with E-state index in [-0.39, 0.29) is 43.0 Å². The molecule has 4 atom stereocenters. The van der Waals surface area contributed by atoms with Gasteiger partial charge < -0.3 is 45.1 Å². The number of nitrogens with zero attached hydrogens (tertiary/aromatic N) is 2. The Labute approximate surface area is 307 Å². The van der Waals surface area contributed by atoms with Crippen LogP contribution in [0.3, 0.4) is 0 Å². The number of ether oxygens (including phenoxy) is 3. The van der Waals surface area contributed by atoms with Crippen LogP contribution in [0.4, 0.5) is 39.8 Å². The zero-order valence-electron chi connectivity index (χ0n) is 30.5. The number of carbonyl (C=O) groups excluding carboxylic acids is 3. The van der Waals surface area contributed by atoms with E-state index in [1.165, 1.54) is 21.9 Å². The normalized spacial score (nSPS) is 19.2. The number of alkyl halides is 3. The number of benzene rings is 3. The van der Waals surface area contributed by atoms with Crippen molar-refractivity contribution in [2.45, 2.75) is 64.5 Å². The number of rotatable bonds is 8. The summed E-state index contributed by atoms with van der Waals surface area (Å²) in [5.41, 5.74) is 0.436. The molecule has 4 N–H and O–H groups in total. The van der Waals surface area contributed by atoms with Gasteiger partial charge in [0, 0.05) is 49.7 Å². The van der Waals surface area contributed by atoms with Crippen molar-refractivity contribution in [1.29, 1.82) is 0 Å². The quantitative estimate of drug-likeness (QED) is 0.190. The maximum atomic E-state index is 14.4. The first-order valence-corrected chi connectivity index (χ1v) is 17.4. The molecule has 12 nitrogen and oxygen atoms in total. The van der Waals surface area contributed by atoms with Crippen LogP contribution < -0.4 is 25.4 Å². The highest BCUT2D eigenvalue weighted by Gasteiger charge is 2.32. The zero-order chi connectivity index (χ0) is 38.7. The second-order valence-corrected chi connectivity index (χ2v) is 13.2. The maximum absolute atomic E-state index is 14.4. The van der Waals surface area contributed by atoms with E-state index in [0.717, 1.165) is 18.6 Å². The summed E-state index contributed by atoms with van der Waals surface area (Å²) in [6.07, 6.45) is -3.19. The molecule has 0 fully saturated rings. The first-order valence-electron chi connectivity index (χ1n) is 17.4. The van der Waals surface area contributed by atoms with Crippen LogP contribution in [0.2, 0.25) is 0 Å². The van der Waals surface area contributed by atoms with Gasteiger partial charge in [0.15, 0.2) is 0 Å². The fourth-order valence-corrected chi connectivity index (χ4v) is 5.74. The molecular formula is C38H48F3N5O7. The first kappa shape index (κ1) is 40.7. The van der Waals surface area contributed by atoms with E-state index >= 15 is 0 Å². The molecule has 0 aliphatic carbocycles. The molecule has 0 bridgehead atoms. The number of anilines is 3. The molecule has 5 amide bonds. The summed E-state index contributed by atoms with van der Waals surface area (Å²) in [6, 6.07) is 14.1. The van der Waals surface area contributed by atoms with Gasteiger partial charge in [-0.15, -0.1) is 0 Å². The Morgan fingerprint density at radius 2 is 1.60 bits per heavy atom. The van der Waals surface area contributed by atoms with Crippen molar-refractivity contribution >= 4 is 35.0 Å². The minimum Gasteiger partial charge on any atom is -0.497 e. The third-order valence-electron chi connectivity index (χ3n) is 8.92. The van der Waals surface area contributed by atoms with E-state index in [1.54, 1.807) is 63.5 Å². The van der Waals surface area contributed by atoms with Crippen molar-refractivity contribution in [3.05, 3.63) is 77.9 Å². The average molecular weight is 744 g/mol. The molecule has 15 heteroatoms. The number of nitrogens with one attached hydrogen (secondary N) is 3. The lowest BCUT2D eigenvalue weighted by Crippen LogP contribution is -2.48. The summed E-state index contributed by atoms with van der Waals surface area (Å²) in [6.45, 7) is 5.77. The average Bonchev–Trinajstić information content (AvgIpc) is 3.12. The fourth-order valence-electron chi connectivity index (χ4n) is 5.74. The van der Waals surface area contributed by atoms with E-state index < -0.39 is 41.9 Å². The number of likely N-dealkylation sites (N-methyl/N-ethyl adjacent to an activating group) is 1. The lowest BCUT2D eigenvalue weighted by molar-refractivity contribution is -0.137. The number of aliphatic hydroxyl groups is 1. The highest BCUT2D eigenvalue weighted by Crippen LogP contribution is 2.31. The minimum atomic E-state index is -4.50. The van der Waals surface area contributed by atoms with E-state index in [4.69, 9.17) is 14.2 Å². The standard InChI is InChI=1S/C38H48F3N5O7/c1-24-21-46(25(2)23-47)35(48)32-20-30(43-36(49)42-28-13-16-31(51-5)17-14-28)15-18-33(32)53-26(3)8-6-7-19-52-34(24)22-45(4)37(50)44-29-11-9-27(10-12-29)38(39,40)41/h9-18,20,24-26,34,47H,6-8,19,21-23H2,1-5H3,(H,44,50)(H2,42,43,49)/t24-,25+,26-,34+/m0/s1. The molecule has 3 aromatic carbocycles. The molecule has 1 aliphatic heterocycles. The Kier molecular flexibility index (Phi) is 14.3. The highest BCUT2D eigenvalue weighted by molar-refractivity contribution is 6.02. The summed E-state index contributed by atoms with van der Waals surface area (Å²) in [7, 11) is 3.10. The molecule has 1 heterocycles. The lowest BCUT2D eigenvalue weighted by atomic mass is 10.0. The lowest BCUT2D eigenvalue weighted by Gasteiger charge is -2.35. The third-order valence-corrected chi connectivity index (χ3v) is 8.92. The maximum Gasteiger partial charge on any atom is 0.416 e. The number of amides is 5. The molecule has 288 valence electrons. The number of carbonyl (C=O) groups is 3. The number of methoxy groups -OCH3 is 1. The zero-order valence-corrected chi connectivity index (χ0v) is 30.5. The van der Waals surface area contributed by atoms with E-state index in [1.807, 2.05) is 13.8 Å². The Bertz CT molecular complexity index is 1670. The van der Waals surface area contributed by atoms with Gasteiger partial charge >= 0.3 is 18.2 Å². The second-order valence-electron chi connectivity index (χ2n) is 13.2. The van der Waals surface area contributed by atoms with Crippen LogP contribution in [-0.4, -0.2) is 91.6 Å². The number of hydrogen-bond acceptors (Lipinski definition) is 7. The molecule has 0 saturated carbocycles. The fraction of sp³-hybridized carbons (Fsp3) is 0.447. The van der Waals surface area contributed by atoms with Crippen LogP contribution in [0, 0.1) is 5.92 Å². The van der Waals surface area contributed by atoms with Crippen molar-refractivity contribution in [3.63, 3.8) is 0 Å². The van der Waals surface area contributed by atoms with Gasteiger partial charge in [0.1, 0.15) is 11.5 Å². The Morgan fingerprint density at radius 3 is 2.25 bits per heavy atom. The summed E-state index contributed by atoms with van der Waals surface area (Å²) < 4.78 is 56.7. The number of hydrogen-bond donors (Lipinski definition) is 4. The molecule has 3 aromatic rings. The number of halogens is 3. The number of urea groups is 2. The van der Waals surface area contributed by atoms with Crippen LogP contribution in [0.5, 0.6) is 11.5 Å². The van der Waals surface area contributed by atoms with Crippen LogP contribution in [0.15, 0.2) is 66.7 Å². The predicted octanol–water partition coefficient (Wildman–Crippen LogP) is 7.32. The van der Waals surface area contributed by atoms with Crippen molar-refractivity contribution in [2.75, 3.05) is 56.4 Å². The van der Waals surface area contributed by atoms with Crippen LogP contribution in [-0.2, 0) is 10.9 Å². The summed E-state index contributed by atoms with van der Waals surface area (Å²) in [4.78, 5) is 43.3. The monoisotopic (exact) mass is 743 g/mol. The van der Waals surface area contributed by atoms with Gasteiger partial charge in [-0.2, -0.15) is 13.2 Å². The van der Waals surface area contributed by atoms with E-state index in [2.05, 4.69) is 16.0 Å². The van der Waals surface area contributed by atoms with Gasteiger partial charge in [0.25, 0.3) is 5.91 Å². The van der Waals surface area contributed by atoms with Gasteiger partial charge in [-0.1, -0.05) is 6.92 Å². The molecule has 4 rings (SSSR count). The molecule has 0 saturated heterocycles.